The number of piperidine rings is 1. The first-order valence-electron chi connectivity index (χ1n) is 6.39. The third kappa shape index (κ3) is 2.31. The molecule has 0 amide bonds. The van der Waals surface area contributed by atoms with Crippen molar-refractivity contribution >= 4 is 0 Å². The van der Waals surface area contributed by atoms with Gasteiger partial charge in [-0.1, -0.05) is 0 Å². The molecule has 0 radical (unpaired) electrons. The minimum Gasteiger partial charge on any atom is -0.316 e. The molecule has 19 heavy (non-hydrogen) atoms. The van der Waals surface area contributed by atoms with E-state index in [1.165, 1.54) is 16.7 Å². The predicted molar refractivity (Wildman–Crippen MR) is 69.0 cm³/mol. The van der Waals surface area contributed by atoms with Crippen molar-refractivity contribution in [1.82, 2.24) is 20.1 Å². The van der Waals surface area contributed by atoms with E-state index in [1.807, 2.05) is 0 Å². The van der Waals surface area contributed by atoms with E-state index in [9.17, 15) is 9.18 Å². The Balaban J connectivity index is 2.02. The van der Waals surface area contributed by atoms with E-state index >= 15 is 0 Å². The molecular formula is C13H15FN4O. The average Bonchev–Trinajstić information content (AvgIpc) is 2.83. The predicted octanol–water partition coefficient (Wildman–Crippen LogP) is 1.17. The van der Waals surface area contributed by atoms with E-state index in [0.717, 1.165) is 25.9 Å². The fraction of sp³-hybridized carbons (Fsp3) is 0.385. The minimum atomic E-state index is -0.318. The first kappa shape index (κ1) is 12.1. The van der Waals surface area contributed by atoms with Crippen LogP contribution in [0.25, 0.3) is 5.69 Å². The largest absolute Gasteiger partial charge is 0.347 e. The van der Waals surface area contributed by atoms with Crippen molar-refractivity contribution in [3.63, 3.8) is 0 Å². The summed E-state index contributed by atoms with van der Waals surface area (Å²) in [5, 5.41) is 9.91. The van der Waals surface area contributed by atoms with Gasteiger partial charge in [0.1, 0.15) is 11.6 Å². The van der Waals surface area contributed by atoms with Crippen molar-refractivity contribution in [1.29, 1.82) is 0 Å². The number of H-pyrrole nitrogens is 1. The number of rotatable bonds is 2. The summed E-state index contributed by atoms with van der Waals surface area (Å²) >= 11 is 0. The highest BCUT2D eigenvalue weighted by atomic mass is 19.1. The van der Waals surface area contributed by atoms with Crippen LogP contribution < -0.4 is 11.0 Å². The molecular weight excluding hydrogens is 247 g/mol. The second kappa shape index (κ2) is 4.97. The molecule has 0 saturated carbocycles. The second-order valence-corrected chi connectivity index (χ2v) is 4.74. The Bertz CT molecular complexity index is 610. The number of benzene rings is 1. The zero-order valence-electron chi connectivity index (χ0n) is 10.4. The number of aromatic amines is 1. The molecule has 100 valence electrons. The van der Waals surface area contributed by atoms with E-state index in [2.05, 4.69) is 15.5 Å². The van der Waals surface area contributed by atoms with Crippen LogP contribution in [0.4, 0.5) is 4.39 Å². The van der Waals surface area contributed by atoms with Gasteiger partial charge in [-0.2, -0.15) is 5.10 Å². The molecule has 2 aromatic rings. The lowest BCUT2D eigenvalue weighted by atomic mass is 9.99. The van der Waals surface area contributed by atoms with Crippen LogP contribution in [-0.2, 0) is 0 Å². The third-order valence-corrected chi connectivity index (χ3v) is 3.45. The van der Waals surface area contributed by atoms with Crippen LogP contribution in [0.15, 0.2) is 29.1 Å². The van der Waals surface area contributed by atoms with Crippen molar-refractivity contribution in [3.05, 3.63) is 46.4 Å². The van der Waals surface area contributed by atoms with Crippen LogP contribution in [0.2, 0.25) is 0 Å². The number of nitrogens with zero attached hydrogens (tertiary/aromatic N) is 2. The van der Waals surface area contributed by atoms with Crippen molar-refractivity contribution in [2.45, 2.75) is 18.8 Å². The zero-order chi connectivity index (χ0) is 13.2. The van der Waals surface area contributed by atoms with Gasteiger partial charge in [-0.15, -0.1) is 0 Å². The molecule has 1 atom stereocenters. The highest BCUT2D eigenvalue weighted by Gasteiger charge is 2.22. The summed E-state index contributed by atoms with van der Waals surface area (Å²) < 4.78 is 14.5. The van der Waals surface area contributed by atoms with Crippen LogP contribution in [0, 0.1) is 5.82 Å². The van der Waals surface area contributed by atoms with Crippen LogP contribution in [-0.4, -0.2) is 27.9 Å². The van der Waals surface area contributed by atoms with Crippen molar-refractivity contribution < 1.29 is 4.39 Å². The van der Waals surface area contributed by atoms with Crippen LogP contribution in [0.5, 0.6) is 0 Å². The number of halogens is 1. The number of aromatic nitrogens is 3. The van der Waals surface area contributed by atoms with Gasteiger partial charge >= 0.3 is 5.69 Å². The Morgan fingerprint density at radius 3 is 2.79 bits per heavy atom. The zero-order valence-corrected chi connectivity index (χ0v) is 10.4. The summed E-state index contributed by atoms with van der Waals surface area (Å²) in [5.74, 6) is 0.600. The van der Waals surface area contributed by atoms with Crippen LogP contribution >= 0.6 is 0 Å². The monoisotopic (exact) mass is 262 g/mol. The highest BCUT2D eigenvalue weighted by molar-refractivity contribution is 5.33. The second-order valence-electron chi connectivity index (χ2n) is 4.74. The van der Waals surface area contributed by atoms with Crippen molar-refractivity contribution in [2.24, 2.45) is 0 Å². The summed E-state index contributed by atoms with van der Waals surface area (Å²) in [7, 11) is 0. The summed E-state index contributed by atoms with van der Waals surface area (Å²) in [6.07, 6.45) is 2.06. The van der Waals surface area contributed by atoms with Crippen molar-refractivity contribution in [2.75, 3.05) is 13.1 Å². The molecule has 5 nitrogen and oxygen atoms in total. The maximum absolute atomic E-state index is 13.0. The Morgan fingerprint density at radius 1 is 1.32 bits per heavy atom. The molecule has 0 unspecified atom stereocenters. The molecule has 0 aliphatic carbocycles. The quantitative estimate of drug-likeness (QED) is 0.854. The smallest absolute Gasteiger partial charge is 0.316 e. The molecule has 1 aromatic heterocycles. The van der Waals surface area contributed by atoms with E-state index in [0.29, 0.717) is 11.5 Å². The molecule has 1 fully saturated rings. The summed E-state index contributed by atoms with van der Waals surface area (Å²) in [6, 6.07) is 5.87. The molecule has 1 saturated heterocycles. The van der Waals surface area contributed by atoms with E-state index in [1.54, 1.807) is 12.1 Å². The Labute approximate surface area is 109 Å². The number of nitrogens with one attached hydrogen (secondary N) is 2. The first-order chi connectivity index (χ1) is 9.25. The van der Waals surface area contributed by atoms with E-state index in [4.69, 9.17) is 0 Å². The fourth-order valence-corrected chi connectivity index (χ4v) is 2.49. The topological polar surface area (TPSA) is 62.7 Å². The van der Waals surface area contributed by atoms with Gasteiger partial charge in [0.2, 0.25) is 0 Å². The Hall–Kier alpha value is -1.95. The number of hydrogen-bond acceptors (Lipinski definition) is 3. The molecule has 1 aliphatic rings. The van der Waals surface area contributed by atoms with Gasteiger partial charge in [0.15, 0.2) is 0 Å². The minimum absolute atomic E-state index is 0.206. The highest BCUT2D eigenvalue weighted by Crippen LogP contribution is 2.22. The van der Waals surface area contributed by atoms with Crippen LogP contribution in [0.1, 0.15) is 24.6 Å². The van der Waals surface area contributed by atoms with Crippen LogP contribution in [0.3, 0.4) is 0 Å². The average molecular weight is 262 g/mol. The summed E-state index contributed by atoms with van der Waals surface area (Å²) in [4.78, 5) is 11.9. The van der Waals surface area contributed by atoms with Gasteiger partial charge in [-0.05, 0) is 43.7 Å². The fourth-order valence-electron chi connectivity index (χ4n) is 2.49. The van der Waals surface area contributed by atoms with Gasteiger partial charge in [0.05, 0.1) is 5.69 Å². The molecule has 0 spiro atoms. The van der Waals surface area contributed by atoms with Gasteiger partial charge in [0.25, 0.3) is 0 Å². The maximum atomic E-state index is 13.0. The van der Waals surface area contributed by atoms with Gasteiger partial charge < -0.3 is 5.32 Å². The van der Waals surface area contributed by atoms with E-state index in [-0.39, 0.29) is 17.4 Å². The van der Waals surface area contributed by atoms with Gasteiger partial charge in [-0.25, -0.2) is 18.9 Å². The molecule has 6 heteroatoms. The molecule has 2 heterocycles. The maximum Gasteiger partial charge on any atom is 0.347 e. The Kier molecular flexibility index (Phi) is 3.16. The first-order valence-corrected chi connectivity index (χ1v) is 6.39. The molecule has 1 aliphatic heterocycles. The summed E-state index contributed by atoms with van der Waals surface area (Å²) in [6.45, 7) is 1.81. The molecule has 2 N–H and O–H groups in total. The van der Waals surface area contributed by atoms with Crippen molar-refractivity contribution in [3.8, 4) is 5.69 Å². The lowest BCUT2D eigenvalue weighted by molar-refractivity contribution is 0.442. The lowest BCUT2D eigenvalue weighted by Crippen LogP contribution is -2.31. The Morgan fingerprint density at radius 2 is 2.11 bits per heavy atom. The van der Waals surface area contributed by atoms with Gasteiger partial charge in [-0.3, -0.25) is 0 Å². The third-order valence-electron chi connectivity index (χ3n) is 3.45. The normalized spacial score (nSPS) is 19.5. The standard InChI is InChI=1S/C13H15FN4O/c14-10-3-5-11(6-4-10)18-12(16-17-13(18)19)9-2-1-7-15-8-9/h3-6,9,15H,1-2,7-8H2,(H,17,19)/t9-/m1/s1. The molecule has 3 rings (SSSR count). The lowest BCUT2D eigenvalue weighted by Gasteiger charge is -2.22. The van der Waals surface area contributed by atoms with Gasteiger partial charge in [0, 0.05) is 12.5 Å². The van der Waals surface area contributed by atoms with E-state index < -0.39 is 0 Å². The molecule has 1 aromatic carbocycles. The SMILES string of the molecule is O=c1[nH]nc([C@@H]2CCCNC2)n1-c1ccc(F)cc1. The number of hydrogen-bond donors (Lipinski definition) is 2. The summed E-state index contributed by atoms with van der Waals surface area (Å²) in [5.41, 5.74) is 0.355. The molecule has 0 bridgehead atoms.